The van der Waals surface area contributed by atoms with Crippen LogP contribution < -0.4 is 0 Å². The molecule has 0 aliphatic carbocycles. The minimum absolute atomic E-state index is 0.250. The lowest BCUT2D eigenvalue weighted by Crippen LogP contribution is -2.34. The van der Waals surface area contributed by atoms with Gasteiger partial charge in [-0.2, -0.15) is 0 Å². The molecule has 3 atom stereocenters. The van der Waals surface area contributed by atoms with E-state index in [2.05, 4.69) is 43.3 Å². The first-order chi connectivity index (χ1) is 11.1. The van der Waals surface area contributed by atoms with Gasteiger partial charge in [0.05, 0.1) is 0 Å². The highest BCUT2D eigenvalue weighted by molar-refractivity contribution is 5.53. The molecule has 2 heterocycles. The van der Waals surface area contributed by atoms with Gasteiger partial charge in [-0.3, -0.25) is 0 Å². The Kier molecular flexibility index (Phi) is 3.52. The molecule has 3 nitrogen and oxygen atoms in total. The Labute approximate surface area is 137 Å². The summed E-state index contributed by atoms with van der Waals surface area (Å²) in [7, 11) is 4.20. The Morgan fingerprint density at radius 1 is 1.00 bits per heavy atom. The maximum atomic E-state index is 10.8. The summed E-state index contributed by atoms with van der Waals surface area (Å²) in [5.74, 6) is 0. The first kappa shape index (κ1) is 14.9. The molecule has 2 aromatic carbocycles. The van der Waals surface area contributed by atoms with Crippen molar-refractivity contribution < 1.29 is 9.84 Å². The smallest absolute Gasteiger partial charge is 0.120 e. The molecule has 0 saturated heterocycles. The van der Waals surface area contributed by atoms with E-state index in [1.165, 1.54) is 5.56 Å². The highest BCUT2D eigenvalue weighted by Gasteiger charge is 2.53. The summed E-state index contributed by atoms with van der Waals surface area (Å²) in [4.78, 5) is 2.21. The zero-order valence-electron chi connectivity index (χ0n) is 13.7. The summed E-state index contributed by atoms with van der Waals surface area (Å²) < 4.78 is 6.51. The molecule has 0 radical (unpaired) electrons. The summed E-state index contributed by atoms with van der Waals surface area (Å²) in [6, 6.07) is 16.6. The van der Waals surface area contributed by atoms with Gasteiger partial charge >= 0.3 is 0 Å². The summed E-state index contributed by atoms with van der Waals surface area (Å²) >= 11 is 0. The van der Waals surface area contributed by atoms with E-state index in [4.69, 9.17) is 4.74 Å². The Bertz CT molecular complexity index is 727. The third-order valence-corrected chi connectivity index (χ3v) is 5.17. The third kappa shape index (κ3) is 2.15. The van der Waals surface area contributed by atoms with E-state index in [1.807, 2.05) is 24.3 Å². The van der Waals surface area contributed by atoms with Gasteiger partial charge in [0.25, 0.3) is 0 Å². The lowest BCUT2D eigenvalue weighted by Gasteiger charge is -2.39. The molecule has 3 heteroatoms. The molecular formula is C20H23NO2. The normalized spacial score (nSPS) is 27.8. The van der Waals surface area contributed by atoms with Crippen LogP contribution in [-0.2, 0) is 10.3 Å². The number of hydrogen-bond donors (Lipinski definition) is 1. The van der Waals surface area contributed by atoms with Crippen LogP contribution in [0.3, 0.4) is 0 Å². The number of aliphatic hydroxyl groups is 1. The molecular weight excluding hydrogens is 286 g/mol. The molecule has 1 unspecified atom stereocenters. The van der Waals surface area contributed by atoms with Gasteiger partial charge in [0.2, 0.25) is 0 Å². The van der Waals surface area contributed by atoms with Crippen LogP contribution in [0.2, 0.25) is 0 Å². The fraction of sp³-hybridized carbons (Fsp3) is 0.400. The van der Waals surface area contributed by atoms with Crippen molar-refractivity contribution in [3.05, 3.63) is 70.8 Å². The Balaban J connectivity index is 1.85. The van der Waals surface area contributed by atoms with Gasteiger partial charge in [-0.25, -0.2) is 0 Å². The standard InChI is InChI=1S/C20H23NO2/c1-21(2)13-7-12-20-16-10-5-3-8-14(16)18(22)19(23-20)15-9-4-6-11-17(15)20/h3-6,8-11,18-19,22H,7,12-13H2,1-2H3/t18-,19-,20?/m1/s1. The molecule has 2 aliphatic rings. The summed E-state index contributed by atoms with van der Waals surface area (Å²) in [6.07, 6.45) is 1.15. The molecule has 120 valence electrons. The number of nitrogens with zero attached hydrogens (tertiary/aromatic N) is 1. The third-order valence-electron chi connectivity index (χ3n) is 5.17. The van der Waals surface area contributed by atoms with Crippen LogP contribution in [0, 0.1) is 0 Å². The largest absolute Gasteiger partial charge is 0.385 e. The molecule has 23 heavy (non-hydrogen) atoms. The van der Waals surface area contributed by atoms with E-state index in [0.717, 1.165) is 36.1 Å². The number of rotatable bonds is 4. The zero-order valence-corrected chi connectivity index (χ0v) is 13.7. The molecule has 0 saturated carbocycles. The van der Waals surface area contributed by atoms with Crippen molar-refractivity contribution in [3.63, 3.8) is 0 Å². The number of ether oxygens (including phenoxy) is 1. The number of fused-ring (bicyclic) bond motifs is 7. The van der Waals surface area contributed by atoms with E-state index in [-0.39, 0.29) is 6.10 Å². The van der Waals surface area contributed by atoms with Gasteiger partial charge in [-0.05, 0) is 55.7 Å². The topological polar surface area (TPSA) is 32.7 Å². The van der Waals surface area contributed by atoms with Crippen molar-refractivity contribution >= 4 is 0 Å². The first-order valence-electron chi connectivity index (χ1n) is 8.33. The number of aliphatic hydroxyl groups excluding tert-OH is 1. The van der Waals surface area contributed by atoms with Gasteiger partial charge in [-0.15, -0.1) is 0 Å². The van der Waals surface area contributed by atoms with Gasteiger partial charge < -0.3 is 14.7 Å². The van der Waals surface area contributed by atoms with Gasteiger partial charge in [0, 0.05) is 0 Å². The van der Waals surface area contributed by atoms with Crippen LogP contribution >= 0.6 is 0 Å². The molecule has 2 aromatic rings. The minimum atomic E-state index is -0.586. The minimum Gasteiger partial charge on any atom is -0.385 e. The number of hydrogen-bond acceptors (Lipinski definition) is 3. The highest BCUT2D eigenvalue weighted by Crippen LogP contribution is 2.58. The van der Waals surface area contributed by atoms with Crippen molar-refractivity contribution in [1.82, 2.24) is 4.90 Å². The average molecular weight is 309 g/mol. The molecule has 2 bridgehead atoms. The second-order valence-electron chi connectivity index (χ2n) is 6.89. The average Bonchev–Trinajstić information content (AvgIpc) is 2.86. The molecule has 1 N–H and O–H groups in total. The van der Waals surface area contributed by atoms with Gasteiger partial charge in [0.1, 0.15) is 17.8 Å². The second kappa shape index (κ2) is 5.45. The molecule has 0 aromatic heterocycles. The molecule has 4 rings (SSSR count). The van der Waals surface area contributed by atoms with E-state index < -0.39 is 11.7 Å². The highest BCUT2D eigenvalue weighted by atomic mass is 16.5. The quantitative estimate of drug-likeness (QED) is 0.939. The molecule has 0 amide bonds. The lowest BCUT2D eigenvalue weighted by molar-refractivity contribution is -0.124. The fourth-order valence-electron chi connectivity index (χ4n) is 4.16. The van der Waals surface area contributed by atoms with Crippen molar-refractivity contribution in [1.29, 1.82) is 0 Å². The molecule has 2 aliphatic heterocycles. The van der Waals surface area contributed by atoms with Crippen molar-refractivity contribution in [3.8, 4) is 0 Å². The Morgan fingerprint density at radius 3 is 2.30 bits per heavy atom. The van der Waals surface area contributed by atoms with Crippen LogP contribution in [-0.4, -0.2) is 30.6 Å². The molecule has 0 fully saturated rings. The number of benzene rings is 2. The molecule has 0 spiro atoms. The lowest BCUT2D eigenvalue weighted by atomic mass is 9.80. The van der Waals surface area contributed by atoms with E-state index >= 15 is 0 Å². The van der Waals surface area contributed by atoms with Crippen LogP contribution in [0.1, 0.15) is 47.3 Å². The zero-order chi connectivity index (χ0) is 16.0. The van der Waals surface area contributed by atoms with Crippen molar-refractivity contribution in [2.24, 2.45) is 0 Å². The van der Waals surface area contributed by atoms with Crippen molar-refractivity contribution in [2.75, 3.05) is 20.6 Å². The summed E-state index contributed by atoms with van der Waals surface area (Å²) in [5, 5.41) is 10.8. The Hall–Kier alpha value is -1.68. The second-order valence-corrected chi connectivity index (χ2v) is 6.89. The summed E-state index contributed by atoms with van der Waals surface area (Å²) in [5.41, 5.74) is 4.11. The van der Waals surface area contributed by atoms with Crippen LogP contribution in [0.4, 0.5) is 0 Å². The first-order valence-corrected chi connectivity index (χ1v) is 8.33. The van der Waals surface area contributed by atoms with Gasteiger partial charge in [0.15, 0.2) is 0 Å². The SMILES string of the molecule is CN(C)CCCC12O[C@H](c3ccccc31)[C@H](O)c1ccccc12. The van der Waals surface area contributed by atoms with E-state index in [9.17, 15) is 5.11 Å². The maximum Gasteiger partial charge on any atom is 0.120 e. The van der Waals surface area contributed by atoms with Crippen LogP contribution in [0.15, 0.2) is 48.5 Å². The van der Waals surface area contributed by atoms with Crippen LogP contribution in [0.5, 0.6) is 0 Å². The van der Waals surface area contributed by atoms with Crippen molar-refractivity contribution in [2.45, 2.75) is 30.7 Å². The maximum absolute atomic E-state index is 10.8. The predicted octanol–water partition coefficient (Wildman–Crippen LogP) is 3.39. The van der Waals surface area contributed by atoms with E-state index in [0.29, 0.717) is 0 Å². The van der Waals surface area contributed by atoms with Gasteiger partial charge in [-0.1, -0.05) is 48.5 Å². The fourth-order valence-corrected chi connectivity index (χ4v) is 4.16. The van der Waals surface area contributed by atoms with E-state index in [1.54, 1.807) is 0 Å². The van der Waals surface area contributed by atoms with Crippen LogP contribution in [0.25, 0.3) is 0 Å². The Morgan fingerprint density at radius 2 is 1.61 bits per heavy atom. The summed E-state index contributed by atoms with van der Waals surface area (Å²) in [6.45, 7) is 1.03. The monoisotopic (exact) mass is 309 g/mol. The predicted molar refractivity (Wildman–Crippen MR) is 90.2 cm³/mol.